The Kier molecular flexibility index (Phi) is 2.00. The fraction of sp³-hybridized carbons (Fsp3) is 0.308. The van der Waals surface area contributed by atoms with Crippen molar-refractivity contribution in [3.8, 4) is 0 Å². The highest BCUT2D eigenvalue weighted by atomic mass is 16.6. The summed E-state index contributed by atoms with van der Waals surface area (Å²) in [6.07, 6.45) is 0. The zero-order valence-electron chi connectivity index (χ0n) is 10.7. The van der Waals surface area contributed by atoms with Crippen molar-refractivity contribution in [1.29, 1.82) is 0 Å². The van der Waals surface area contributed by atoms with E-state index in [2.05, 4.69) is 5.32 Å². The van der Waals surface area contributed by atoms with Gasteiger partial charge in [0.2, 0.25) is 11.5 Å². The minimum Gasteiger partial charge on any atom is -0.368 e. The Morgan fingerprint density at radius 1 is 1.33 bits per heavy atom. The number of nitrogens with zero attached hydrogens (tertiary/aromatic N) is 2. The molecule has 1 saturated heterocycles. The molecule has 1 aromatic rings. The molecule has 0 radical (unpaired) electrons. The number of benzene rings is 1. The maximum absolute atomic E-state index is 12.5. The van der Waals surface area contributed by atoms with Gasteiger partial charge in [0.15, 0.2) is 5.82 Å². The normalized spacial score (nSPS) is 32.9. The van der Waals surface area contributed by atoms with E-state index in [0.717, 1.165) is 0 Å². The zero-order valence-corrected chi connectivity index (χ0v) is 10.7. The molecule has 0 unspecified atom stereocenters. The van der Waals surface area contributed by atoms with Crippen LogP contribution in [-0.4, -0.2) is 44.5 Å². The number of aliphatic hydroxyl groups is 2. The minimum absolute atomic E-state index is 0.00727. The van der Waals surface area contributed by atoms with E-state index in [1.807, 2.05) is 0 Å². The molecule has 1 fully saturated rings. The van der Waals surface area contributed by atoms with Crippen LogP contribution in [0.15, 0.2) is 35.8 Å². The van der Waals surface area contributed by atoms with E-state index in [4.69, 9.17) is 0 Å². The molecule has 2 aliphatic heterocycles. The van der Waals surface area contributed by atoms with Crippen LogP contribution in [0.1, 0.15) is 15.9 Å². The quantitative estimate of drug-likeness (QED) is 0.454. The van der Waals surface area contributed by atoms with Gasteiger partial charge < -0.3 is 20.4 Å². The first-order valence-corrected chi connectivity index (χ1v) is 6.43. The maximum atomic E-state index is 12.5. The Morgan fingerprint density at radius 2 is 2.05 bits per heavy atom. The average Bonchev–Trinajstić information content (AvgIpc) is 3.04. The van der Waals surface area contributed by atoms with Gasteiger partial charge in [-0.25, -0.2) is 0 Å². The second-order valence-electron chi connectivity index (χ2n) is 5.29. The van der Waals surface area contributed by atoms with Gasteiger partial charge in [0, 0.05) is 24.2 Å². The summed E-state index contributed by atoms with van der Waals surface area (Å²) < 4.78 is 0. The predicted molar refractivity (Wildman–Crippen MR) is 68.3 cm³/mol. The van der Waals surface area contributed by atoms with Gasteiger partial charge in [0.1, 0.15) is 0 Å². The molecule has 8 nitrogen and oxygen atoms in total. The first-order valence-electron chi connectivity index (χ1n) is 6.43. The van der Waals surface area contributed by atoms with E-state index >= 15 is 0 Å². The molecule has 2 atom stereocenters. The Labute approximate surface area is 118 Å². The smallest absolute Gasteiger partial charge is 0.330 e. The van der Waals surface area contributed by atoms with Gasteiger partial charge >= 0.3 is 5.70 Å². The molecule has 8 heteroatoms. The molecular weight excluding hydrogens is 278 g/mol. The third-order valence-corrected chi connectivity index (χ3v) is 4.42. The van der Waals surface area contributed by atoms with Crippen molar-refractivity contribution in [2.24, 2.45) is 0 Å². The largest absolute Gasteiger partial charge is 0.368 e. The molecule has 0 spiro atoms. The monoisotopic (exact) mass is 289 g/mol. The molecule has 4 rings (SSSR count). The molecule has 0 amide bonds. The Hall–Kier alpha value is -2.45. The maximum Gasteiger partial charge on any atom is 0.330 e. The van der Waals surface area contributed by atoms with Crippen LogP contribution in [0.5, 0.6) is 0 Å². The highest BCUT2D eigenvalue weighted by Gasteiger charge is 2.77. The van der Waals surface area contributed by atoms with Crippen LogP contribution in [0.3, 0.4) is 0 Å². The lowest BCUT2D eigenvalue weighted by Gasteiger charge is -2.35. The summed E-state index contributed by atoms with van der Waals surface area (Å²) >= 11 is 0. The molecule has 1 aromatic carbocycles. The topological polar surface area (TPSA) is 116 Å². The van der Waals surface area contributed by atoms with Crippen molar-refractivity contribution < 1.29 is 19.9 Å². The fourth-order valence-corrected chi connectivity index (χ4v) is 3.56. The standard InChI is InChI=1S/C13H11N3O5/c17-10-7-3-1-2-4-8(7)13(19)12(10,18)9(16(20)21)11-14-5-6-15(11)13/h1-4,14,18-19H,5-6H2/t12-,13+/m0/s1. The SMILES string of the molecule is O=C1c2ccccc2[C@]2(O)N3CCNC3=C([N+](=O)[O-])[C@]12O. The van der Waals surface area contributed by atoms with Crippen molar-refractivity contribution in [3.05, 3.63) is 57.0 Å². The molecule has 21 heavy (non-hydrogen) atoms. The van der Waals surface area contributed by atoms with Gasteiger partial charge in [0.05, 0.1) is 4.92 Å². The van der Waals surface area contributed by atoms with Crippen molar-refractivity contribution in [2.75, 3.05) is 13.1 Å². The summed E-state index contributed by atoms with van der Waals surface area (Å²) in [5.74, 6) is -0.844. The number of carbonyl (C=O) groups is 1. The summed E-state index contributed by atoms with van der Waals surface area (Å²) in [6.45, 7) is 0.647. The summed E-state index contributed by atoms with van der Waals surface area (Å²) in [7, 11) is 0. The van der Waals surface area contributed by atoms with Crippen LogP contribution in [0.4, 0.5) is 0 Å². The first kappa shape index (κ1) is 12.3. The van der Waals surface area contributed by atoms with Gasteiger partial charge in [-0.15, -0.1) is 0 Å². The van der Waals surface area contributed by atoms with Crippen LogP contribution < -0.4 is 5.32 Å². The third kappa shape index (κ3) is 1.05. The van der Waals surface area contributed by atoms with Gasteiger partial charge in [-0.3, -0.25) is 14.9 Å². The number of nitrogens with one attached hydrogen (secondary N) is 1. The average molecular weight is 289 g/mol. The number of ketones is 1. The van der Waals surface area contributed by atoms with Gasteiger partial charge in [-0.05, 0) is 0 Å². The number of Topliss-reactive ketones (excluding diaryl/α,β-unsaturated/α-hetero) is 1. The fourth-order valence-electron chi connectivity index (χ4n) is 3.56. The van der Waals surface area contributed by atoms with Crippen molar-refractivity contribution >= 4 is 5.78 Å². The molecule has 3 aliphatic rings. The summed E-state index contributed by atoms with van der Waals surface area (Å²) in [6, 6.07) is 6.16. The number of hydrogen-bond acceptors (Lipinski definition) is 7. The van der Waals surface area contributed by atoms with Gasteiger partial charge in [0.25, 0.3) is 5.60 Å². The molecule has 2 heterocycles. The van der Waals surface area contributed by atoms with Crippen LogP contribution >= 0.6 is 0 Å². The Balaban J connectivity index is 2.09. The molecule has 108 valence electrons. The molecule has 0 bridgehead atoms. The van der Waals surface area contributed by atoms with Crippen molar-refractivity contribution in [1.82, 2.24) is 10.2 Å². The van der Waals surface area contributed by atoms with E-state index in [9.17, 15) is 25.1 Å². The van der Waals surface area contributed by atoms with E-state index in [1.54, 1.807) is 12.1 Å². The molecule has 3 N–H and O–H groups in total. The van der Waals surface area contributed by atoms with E-state index in [0.29, 0.717) is 6.54 Å². The number of carbonyl (C=O) groups excluding carboxylic acids is 1. The summed E-state index contributed by atoms with van der Waals surface area (Å²) in [5.41, 5.74) is -5.13. The molecular formula is C13H11N3O5. The summed E-state index contributed by atoms with van der Waals surface area (Å²) in [5, 5.41) is 36.1. The van der Waals surface area contributed by atoms with Gasteiger partial charge in [-0.1, -0.05) is 24.3 Å². The Morgan fingerprint density at radius 3 is 2.76 bits per heavy atom. The zero-order chi connectivity index (χ0) is 15.0. The van der Waals surface area contributed by atoms with Crippen LogP contribution in [0.2, 0.25) is 0 Å². The predicted octanol–water partition coefficient (Wildman–Crippen LogP) is -0.876. The van der Waals surface area contributed by atoms with Crippen LogP contribution in [0, 0.1) is 10.1 Å². The highest BCUT2D eigenvalue weighted by molar-refractivity contribution is 6.10. The van der Waals surface area contributed by atoms with Crippen LogP contribution in [-0.2, 0) is 5.72 Å². The van der Waals surface area contributed by atoms with Crippen molar-refractivity contribution in [3.63, 3.8) is 0 Å². The lowest BCUT2D eigenvalue weighted by Crippen LogP contribution is -2.57. The van der Waals surface area contributed by atoms with E-state index in [1.165, 1.54) is 17.0 Å². The van der Waals surface area contributed by atoms with E-state index in [-0.39, 0.29) is 23.5 Å². The number of hydrogen-bond donors (Lipinski definition) is 3. The summed E-state index contributed by atoms with van der Waals surface area (Å²) in [4.78, 5) is 24.4. The lowest BCUT2D eigenvalue weighted by molar-refractivity contribution is -0.445. The van der Waals surface area contributed by atoms with Crippen molar-refractivity contribution in [2.45, 2.75) is 11.3 Å². The molecule has 1 aliphatic carbocycles. The second kappa shape index (κ2) is 3.41. The van der Waals surface area contributed by atoms with E-state index < -0.39 is 27.7 Å². The second-order valence-corrected chi connectivity index (χ2v) is 5.29. The number of fused-ring (bicyclic) bond motifs is 5. The molecule has 0 saturated carbocycles. The lowest BCUT2D eigenvalue weighted by atomic mass is 9.89. The highest BCUT2D eigenvalue weighted by Crippen LogP contribution is 2.56. The third-order valence-electron chi connectivity index (χ3n) is 4.42. The van der Waals surface area contributed by atoms with Crippen LogP contribution in [0.25, 0.3) is 0 Å². The Bertz CT molecular complexity index is 745. The first-order chi connectivity index (χ1) is 9.94. The number of rotatable bonds is 1. The number of nitro groups is 1. The minimum atomic E-state index is -2.59. The molecule has 0 aromatic heterocycles. The van der Waals surface area contributed by atoms with Gasteiger partial charge in [-0.2, -0.15) is 0 Å².